The van der Waals surface area contributed by atoms with E-state index in [0.717, 1.165) is 16.5 Å². The van der Waals surface area contributed by atoms with Crippen LogP contribution in [-0.4, -0.2) is 97.3 Å². The Kier molecular flexibility index (Phi) is 13.2. The van der Waals surface area contributed by atoms with E-state index in [9.17, 15) is 44.7 Å². The van der Waals surface area contributed by atoms with Crippen LogP contribution in [0.1, 0.15) is 43.9 Å². The Morgan fingerprint density at radius 3 is 2.13 bits per heavy atom. The quantitative estimate of drug-likeness (QED) is 0.0902. The molecular formula is C32H43N5O9. The van der Waals surface area contributed by atoms with Crippen molar-refractivity contribution >= 4 is 34.6 Å². The molecule has 14 nitrogen and oxygen atoms in total. The summed E-state index contributed by atoms with van der Waals surface area (Å²) in [5.74, 6) is -3.88. The predicted octanol–water partition coefficient (Wildman–Crippen LogP) is -0.539. The summed E-state index contributed by atoms with van der Waals surface area (Å²) in [7, 11) is 0. The van der Waals surface area contributed by atoms with Crippen LogP contribution in [0.15, 0.2) is 60.8 Å². The molecule has 0 saturated carbocycles. The lowest BCUT2D eigenvalue weighted by Gasteiger charge is -2.31. The molecule has 11 N–H and O–H groups in total. The van der Waals surface area contributed by atoms with Crippen molar-refractivity contribution in [3.63, 3.8) is 0 Å². The molecule has 46 heavy (non-hydrogen) atoms. The summed E-state index contributed by atoms with van der Waals surface area (Å²) in [6.07, 6.45) is -4.89. The number of carboxylic acid groups (broad SMARTS) is 1. The third-order valence-corrected chi connectivity index (χ3v) is 7.57. The number of amides is 3. The monoisotopic (exact) mass is 641 g/mol. The Morgan fingerprint density at radius 2 is 1.50 bits per heavy atom. The topological polar surface area (TPSA) is 247 Å². The Bertz CT molecular complexity index is 1460. The molecule has 7 atom stereocenters. The first-order valence-electron chi connectivity index (χ1n) is 15.0. The standard InChI is InChI=1S/C32H43N5O9/c1-17(2)12-24(36-30(44)21(33)13-19-15-34-22-11-7-6-10-20(19)22)31(45)37-25(16-38)27(41)28(42)29(43)32(46)35-23(14-26(39)40)18-8-4-3-5-9-18/h3-11,15,17,21,23-25,27-29,34,38,41-43H,12-14,16,33H2,1-2H3,(H,35,46)(H,36,44)(H,37,45)(H,39,40)/t21-,23-,24-,25-,27+,28+,29-/m0/s1. The molecule has 0 spiro atoms. The lowest BCUT2D eigenvalue weighted by molar-refractivity contribution is -0.145. The second-order valence-corrected chi connectivity index (χ2v) is 11.7. The van der Waals surface area contributed by atoms with Crippen LogP contribution in [0.3, 0.4) is 0 Å². The first kappa shape index (κ1) is 36.1. The Balaban J connectivity index is 1.64. The molecule has 0 aliphatic rings. The Morgan fingerprint density at radius 1 is 0.848 bits per heavy atom. The number of carbonyl (C=O) groups excluding carboxylic acids is 3. The zero-order chi connectivity index (χ0) is 34.0. The molecule has 250 valence electrons. The zero-order valence-corrected chi connectivity index (χ0v) is 25.7. The van der Waals surface area contributed by atoms with E-state index in [0.29, 0.717) is 5.56 Å². The molecule has 3 aromatic rings. The normalized spacial score (nSPS) is 16.1. The van der Waals surface area contributed by atoms with Gasteiger partial charge in [0, 0.05) is 17.1 Å². The van der Waals surface area contributed by atoms with Crippen molar-refractivity contribution in [3.05, 3.63) is 71.9 Å². The van der Waals surface area contributed by atoms with Gasteiger partial charge in [0.1, 0.15) is 18.2 Å². The van der Waals surface area contributed by atoms with Crippen molar-refractivity contribution < 1.29 is 44.7 Å². The van der Waals surface area contributed by atoms with Gasteiger partial charge in [0.2, 0.25) is 11.8 Å². The average molecular weight is 642 g/mol. The molecule has 0 fully saturated rings. The third kappa shape index (κ3) is 9.83. The third-order valence-electron chi connectivity index (χ3n) is 7.57. The first-order valence-corrected chi connectivity index (χ1v) is 15.0. The molecule has 0 unspecified atom stereocenters. The number of fused-ring (bicyclic) bond motifs is 1. The van der Waals surface area contributed by atoms with Gasteiger partial charge in [0.15, 0.2) is 6.10 Å². The molecule has 14 heteroatoms. The number of H-pyrrole nitrogens is 1. The van der Waals surface area contributed by atoms with E-state index < -0.39 is 79.2 Å². The fourth-order valence-corrected chi connectivity index (χ4v) is 5.08. The lowest BCUT2D eigenvalue weighted by atomic mass is 9.97. The number of nitrogens with two attached hydrogens (primary N) is 1. The predicted molar refractivity (Wildman–Crippen MR) is 168 cm³/mol. The molecule has 0 bridgehead atoms. The summed E-state index contributed by atoms with van der Waals surface area (Å²) in [5.41, 5.74) is 8.32. The highest BCUT2D eigenvalue weighted by molar-refractivity contribution is 5.91. The molecule has 3 amide bonds. The van der Waals surface area contributed by atoms with Gasteiger partial charge in [-0.3, -0.25) is 19.2 Å². The van der Waals surface area contributed by atoms with Crippen molar-refractivity contribution in [2.24, 2.45) is 11.7 Å². The number of aliphatic hydroxyl groups is 4. The van der Waals surface area contributed by atoms with E-state index >= 15 is 0 Å². The van der Waals surface area contributed by atoms with Crippen LogP contribution >= 0.6 is 0 Å². The summed E-state index contributed by atoms with van der Waals surface area (Å²) >= 11 is 0. The Hall–Kier alpha value is -4.34. The highest BCUT2D eigenvalue weighted by Gasteiger charge is 2.37. The molecule has 1 heterocycles. The second-order valence-electron chi connectivity index (χ2n) is 11.7. The highest BCUT2D eigenvalue weighted by Crippen LogP contribution is 2.20. The summed E-state index contributed by atoms with van der Waals surface area (Å²) in [4.78, 5) is 53.5. The van der Waals surface area contributed by atoms with Crippen LogP contribution < -0.4 is 21.7 Å². The van der Waals surface area contributed by atoms with Gasteiger partial charge in [-0.05, 0) is 36.0 Å². The molecule has 0 aliphatic carbocycles. The van der Waals surface area contributed by atoms with Crippen molar-refractivity contribution in [2.75, 3.05) is 6.61 Å². The van der Waals surface area contributed by atoms with Crippen LogP contribution in [0.25, 0.3) is 10.9 Å². The van der Waals surface area contributed by atoms with Gasteiger partial charge in [-0.2, -0.15) is 0 Å². The number of carbonyl (C=O) groups is 4. The number of rotatable bonds is 17. The summed E-state index contributed by atoms with van der Waals surface area (Å²) in [6.45, 7) is 2.75. The smallest absolute Gasteiger partial charge is 0.305 e. The average Bonchev–Trinajstić information content (AvgIpc) is 3.44. The first-order chi connectivity index (χ1) is 21.8. The molecule has 2 aromatic carbocycles. The molecule has 0 radical (unpaired) electrons. The number of aliphatic carboxylic acids is 1. The molecule has 0 aliphatic heterocycles. The minimum absolute atomic E-state index is 0.0714. The molecule has 0 saturated heterocycles. The van der Waals surface area contributed by atoms with E-state index in [4.69, 9.17) is 5.73 Å². The number of aromatic nitrogens is 1. The number of hydrogen-bond acceptors (Lipinski definition) is 9. The number of nitrogens with one attached hydrogen (secondary N) is 4. The number of carboxylic acids is 1. The van der Waals surface area contributed by atoms with E-state index in [2.05, 4.69) is 20.9 Å². The van der Waals surface area contributed by atoms with E-state index in [-0.39, 0.29) is 18.8 Å². The maximum absolute atomic E-state index is 13.3. The molecule has 1 aromatic heterocycles. The van der Waals surface area contributed by atoms with Gasteiger partial charge in [-0.15, -0.1) is 0 Å². The Labute approximate surface area is 266 Å². The van der Waals surface area contributed by atoms with Gasteiger partial charge >= 0.3 is 5.97 Å². The van der Waals surface area contributed by atoms with Gasteiger partial charge < -0.3 is 52.2 Å². The second kappa shape index (κ2) is 16.8. The largest absolute Gasteiger partial charge is 0.481 e. The van der Waals surface area contributed by atoms with Gasteiger partial charge in [-0.1, -0.05) is 62.4 Å². The van der Waals surface area contributed by atoms with E-state index in [1.807, 2.05) is 38.1 Å². The van der Waals surface area contributed by atoms with E-state index in [1.54, 1.807) is 36.5 Å². The highest BCUT2D eigenvalue weighted by atomic mass is 16.4. The minimum Gasteiger partial charge on any atom is -0.481 e. The SMILES string of the molecule is CC(C)C[C@H](NC(=O)[C@@H](N)Cc1c[nH]c2ccccc12)C(=O)N[C@@H](CO)[C@@H](O)[C@@H](O)[C@H](O)C(=O)N[C@@H](CC(=O)O)c1ccccc1. The fraction of sp³-hybridized carbons (Fsp3) is 0.438. The maximum atomic E-state index is 13.3. The van der Waals surface area contributed by atoms with Crippen molar-refractivity contribution in [2.45, 2.75) is 75.6 Å². The minimum atomic E-state index is -2.25. The van der Waals surface area contributed by atoms with E-state index in [1.165, 1.54) is 0 Å². The lowest BCUT2D eigenvalue weighted by Crippen LogP contribution is -2.60. The number of benzene rings is 2. The fourth-order valence-electron chi connectivity index (χ4n) is 5.08. The molecular weight excluding hydrogens is 598 g/mol. The van der Waals surface area contributed by atoms with Crippen molar-refractivity contribution in [1.82, 2.24) is 20.9 Å². The van der Waals surface area contributed by atoms with Crippen LogP contribution in [-0.2, 0) is 25.6 Å². The van der Waals surface area contributed by atoms with Crippen LogP contribution in [0.5, 0.6) is 0 Å². The number of aliphatic hydroxyl groups excluding tert-OH is 4. The summed E-state index contributed by atoms with van der Waals surface area (Å²) in [5, 5.41) is 59.3. The number of aromatic amines is 1. The van der Waals surface area contributed by atoms with Crippen LogP contribution in [0.4, 0.5) is 0 Å². The van der Waals surface area contributed by atoms with Gasteiger partial charge in [-0.25, -0.2) is 0 Å². The number of para-hydroxylation sites is 1. The number of hydrogen-bond donors (Lipinski definition) is 10. The van der Waals surface area contributed by atoms with Gasteiger partial charge in [0.05, 0.1) is 31.2 Å². The maximum Gasteiger partial charge on any atom is 0.305 e. The van der Waals surface area contributed by atoms with Crippen LogP contribution in [0, 0.1) is 5.92 Å². The molecule has 3 rings (SSSR count). The van der Waals surface area contributed by atoms with Crippen molar-refractivity contribution in [3.8, 4) is 0 Å². The summed E-state index contributed by atoms with van der Waals surface area (Å²) < 4.78 is 0. The zero-order valence-electron chi connectivity index (χ0n) is 25.7. The van der Waals surface area contributed by atoms with Crippen LogP contribution in [0.2, 0.25) is 0 Å². The van der Waals surface area contributed by atoms with Crippen molar-refractivity contribution in [1.29, 1.82) is 0 Å². The summed E-state index contributed by atoms with van der Waals surface area (Å²) in [6, 6.07) is 10.9. The van der Waals surface area contributed by atoms with Gasteiger partial charge in [0.25, 0.3) is 5.91 Å².